The van der Waals surface area contributed by atoms with Crippen LogP contribution >= 0.6 is 0 Å². The molecule has 1 amide bonds. The van der Waals surface area contributed by atoms with Crippen molar-refractivity contribution in [3.63, 3.8) is 0 Å². The highest BCUT2D eigenvalue weighted by molar-refractivity contribution is 5.93. The van der Waals surface area contributed by atoms with E-state index in [9.17, 15) is 18.7 Å². The third kappa shape index (κ3) is 3.48. The number of alkyl halides is 2. The van der Waals surface area contributed by atoms with Gasteiger partial charge in [0.05, 0.1) is 23.2 Å². The maximum absolute atomic E-state index is 13.7. The van der Waals surface area contributed by atoms with Gasteiger partial charge in [-0.05, 0) is 38.5 Å². The number of H-pyrrole nitrogens is 1. The number of aliphatic hydroxyl groups is 1. The molecule has 0 radical (unpaired) electrons. The fourth-order valence-electron chi connectivity index (χ4n) is 4.13. The monoisotopic (exact) mass is 456 g/mol. The number of pyridine rings is 1. The smallest absolute Gasteiger partial charge is 0.292 e. The van der Waals surface area contributed by atoms with Crippen LogP contribution in [0, 0.1) is 6.92 Å². The number of hydrogen-bond acceptors (Lipinski definition) is 6. The molecule has 33 heavy (non-hydrogen) atoms. The molecular formula is C22H22F2N6O3. The van der Waals surface area contributed by atoms with Crippen molar-refractivity contribution in [3.8, 4) is 0 Å². The summed E-state index contributed by atoms with van der Waals surface area (Å²) in [6.45, 7) is 4.88. The number of amides is 1. The summed E-state index contributed by atoms with van der Waals surface area (Å²) in [7, 11) is 0. The molecule has 4 aromatic heterocycles. The van der Waals surface area contributed by atoms with E-state index >= 15 is 0 Å². The van der Waals surface area contributed by atoms with Crippen LogP contribution in [-0.2, 0) is 12.0 Å². The largest absolute Gasteiger partial charge is 0.432 e. The van der Waals surface area contributed by atoms with Crippen molar-refractivity contribution in [2.45, 2.75) is 45.3 Å². The Labute approximate surface area is 187 Å². The molecular weight excluding hydrogens is 434 g/mol. The number of oxazole rings is 1. The molecule has 1 aliphatic heterocycles. The first-order valence-corrected chi connectivity index (χ1v) is 10.4. The molecule has 5 rings (SSSR count). The van der Waals surface area contributed by atoms with Gasteiger partial charge in [-0.2, -0.15) is 5.10 Å². The number of imidazole rings is 1. The zero-order valence-electron chi connectivity index (χ0n) is 18.2. The van der Waals surface area contributed by atoms with Gasteiger partial charge in [-0.3, -0.25) is 4.79 Å². The first-order chi connectivity index (χ1) is 15.6. The average molecular weight is 456 g/mol. The summed E-state index contributed by atoms with van der Waals surface area (Å²) in [5, 5.41) is 14.8. The van der Waals surface area contributed by atoms with Crippen LogP contribution in [-0.4, -0.2) is 47.0 Å². The number of hydrogen-bond donors (Lipinski definition) is 2. The lowest BCUT2D eigenvalue weighted by molar-refractivity contribution is 0.0440. The van der Waals surface area contributed by atoms with E-state index < -0.39 is 35.4 Å². The number of aromatic nitrogens is 5. The molecule has 0 fully saturated rings. The van der Waals surface area contributed by atoms with Crippen molar-refractivity contribution in [1.29, 1.82) is 0 Å². The van der Waals surface area contributed by atoms with E-state index in [0.717, 1.165) is 16.8 Å². The quantitative estimate of drug-likeness (QED) is 0.487. The van der Waals surface area contributed by atoms with Crippen LogP contribution in [0.3, 0.4) is 0 Å². The maximum atomic E-state index is 13.7. The Morgan fingerprint density at radius 3 is 2.88 bits per heavy atom. The molecule has 9 nitrogen and oxygen atoms in total. The molecule has 172 valence electrons. The van der Waals surface area contributed by atoms with Gasteiger partial charge in [0.15, 0.2) is 5.69 Å². The van der Waals surface area contributed by atoms with Crippen molar-refractivity contribution in [3.05, 3.63) is 70.7 Å². The Hall–Kier alpha value is -3.60. The van der Waals surface area contributed by atoms with E-state index in [4.69, 9.17) is 4.42 Å². The number of aromatic amines is 1. The average Bonchev–Trinajstić information content (AvgIpc) is 3.49. The van der Waals surface area contributed by atoms with Gasteiger partial charge in [0.25, 0.3) is 12.3 Å². The number of carbonyl (C=O) groups is 1. The predicted molar refractivity (Wildman–Crippen MR) is 112 cm³/mol. The lowest BCUT2D eigenvalue weighted by Crippen LogP contribution is -2.41. The highest BCUT2D eigenvalue weighted by Gasteiger charge is 2.40. The standard InChI is InChI=1S/C22H22F2N6O3/c1-11-5-4-7-30-14(11)9-13(28-30)17-15-12(25-10-26-15)6-8-29(17)20(31)18-16(19(23)24)27-21(33-18)22(2,3)32/h4-5,7,9-10,17,19,32H,6,8H2,1-3H3,(H,25,26)/t17-/m0/s1. The maximum Gasteiger partial charge on any atom is 0.292 e. The topological polar surface area (TPSA) is 113 Å². The van der Waals surface area contributed by atoms with Gasteiger partial charge in [0, 0.05) is 24.9 Å². The summed E-state index contributed by atoms with van der Waals surface area (Å²) in [5.41, 5.74) is 1.43. The van der Waals surface area contributed by atoms with Crippen molar-refractivity contribution >= 4 is 11.4 Å². The number of carbonyl (C=O) groups excluding carboxylic acids is 1. The molecule has 2 N–H and O–H groups in total. The molecule has 0 aromatic carbocycles. The molecule has 11 heteroatoms. The van der Waals surface area contributed by atoms with Gasteiger partial charge in [-0.15, -0.1) is 0 Å². The lowest BCUT2D eigenvalue weighted by atomic mass is 9.99. The summed E-state index contributed by atoms with van der Waals surface area (Å²) in [5.74, 6) is -1.70. The van der Waals surface area contributed by atoms with E-state index in [2.05, 4.69) is 20.1 Å². The summed E-state index contributed by atoms with van der Waals surface area (Å²) in [6, 6.07) is 4.96. The van der Waals surface area contributed by atoms with Crippen LogP contribution < -0.4 is 0 Å². The van der Waals surface area contributed by atoms with Gasteiger partial charge in [0.1, 0.15) is 11.6 Å². The van der Waals surface area contributed by atoms with Crippen LogP contribution in [0.25, 0.3) is 5.52 Å². The molecule has 0 bridgehead atoms. The molecule has 1 aliphatic rings. The molecule has 0 saturated heterocycles. The van der Waals surface area contributed by atoms with Crippen LogP contribution in [0.5, 0.6) is 0 Å². The first kappa shape index (κ1) is 21.3. The van der Waals surface area contributed by atoms with Gasteiger partial charge in [0.2, 0.25) is 11.7 Å². The third-order valence-electron chi connectivity index (χ3n) is 5.78. The molecule has 0 unspecified atom stereocenters. The number of nitrogens with one attached hydrogen (secondary N) is 1. The Morgan fingerprint density at radius 2 is 2.18 bits per heavy atom. The minimum absolute atomic E-state index is 0.229. The van der Waals surface area contributed by atoms with Gasteiger partial charge in [-0.1, -0.05) is 6.07 Å². The van der Waals surface area contributed by atoms with Crippen molar-refractivity contribution in [2.75, 3.05) is 6.54 Å². The normalized spacial score (nSPS) is 16.6. The predicted octanol–water partition coefficient (Wildman–Crippen LogP) is 3.31. The van der Waals surface area contributed by atoms with Crippen LogP contribution in [0.4, 0.5) is 8.78 Å². The van der Waals surface area contributed by atoms with Crippen LogP contribution in [0.1, 0.15) is 71.1 Å². The van der Waals surface area contributed by atoms with Gasteiger partial charge < -0.3 is 19.4 Å². The van der Waals surface area contributed by atoms with Crippen LogP contribution in [0.2, 0.25) is 0 Å². The van der Waals surface area contributed by atoms with E-state index in [0.29, 0.717) is 17.8 Å². The second-order valence-electron chi connectivity index (χ2n) is 8.60. The van der Waals surface area contributed by atoms with E-state index in [-0.39, 0.29) is 12.4 Å². The molecule has 1 atom stereocenters. The second kappa shape index (κ2) is 7.48. The van der Waals surface area contributed by atoms with E-state index in [1.165, 1.54) is 25.1 Å². The minimum Gasteiger partial charge on any atom is -0.432 e. The third-order valence-corrected chi connectivity index (χ3v) is 5.78. The Kier molecular flexibility index (Phi) is 4.82. The zero-order valence-corrected chi connectivity index (χ0v) is 18.2. The first-order valence-electron chi connectivity index (χ1n) is 10.4. The Morgan fingerprint density at radius 1 is 1.39 bits per heavy atom. The summed E-state index contributed by atoms with van der Waals surface area (Å²) < 4.78 is 34.6. The summed E-state index contributed by atoms with van der Waals surface area (Å²) >= 11 is 0. The van der Waals surface area contributed by atoms with Gasteiger partial charge >= 0.3 is 0 Å². The zero-order chi connectivity index (χ0) is 23.5. The fourth-order valence-corrected chi connectivity index (χ4v) is 4.13. The fraction of sp³-hybridized carbons (Fsp3) is 0.364. The van der Waals surface area contributed by atoms with Crippen molar-refractivity contribution in [2.24, 2.45) is 0 Å². The summed E-state index contributed by atoms with van der Waals surface area (Å²) in [4.78, 5) is 26.2. The summed E-state index contributed by atoms with van der Waals surface area (Å²) in [6.07, 6.45) is 0.747. The Balaban J connectivity index is 1.63. The minimum atomic E-state index is -3.05. The molecule has 0 spiro atoms. The number of rotatable bonds is 4. The Bertz CT molecular complexity index is 1350. The number of fused-ring (bicyclic) bond motifs is 2. The highest BCUT2D eigenvalue weighted by atomic mass is 19.3. The SMILES string of the molecule is Cc1cccn2nc([C@H]3c4nc[nH]c4CCN3C(=O)c3oc(C(C)(C)O)nc3C(F)F)cc12. The van der Waals surface area contributed by atoms with Crippen molar-refractivity contribution < 1.29 is 23.1 Å². The molecule has 4 aromatic rings. The lowest BCUT2D eigenvalue weighted by Gasteiger charge is -2.33. The number of nitrogens with zero attached hydrogens (tertiary/aromatic N) is 5. The highest BCUT2D eigenvalue weighted by Crippen LogP contribution is 2.36. The molecule has 0 saturated carbocycles. The number of halogens is 2. The van der Waals surface area contributed by atoms with E-state index in [1.54, 1.807) is 10.7 Å². The van der Waals surface area contributed by atoms with Crippen molar-refractivity contribution in [1.82, 2.24) is 29.5 Å². The van der Waals surface area contributed by atoms with E-state index in [1.807, 2.05) is 25.1 Å². The second-order valence-corrected chi connectivity index (χ2v) is 8.60. The van der Waals surface area contributed by atoms with Crippen LogP contribution in [0.15, 0.2) is 35.1 Å². The van der Waals surface area contributed by atoms with Gasteiger partial charge in [-0.25, -0.2) is 23.3 Å². The molecule has 5 heterocycles. The number of aryl methyl sites for hydroxylation is 1. The molecule has 0 aliphatic carbocycles.